The maximum absolute atomic E-state index is 13.0. The van der Waals surface area contributed by atoms with Crippen molar-refractivity contribution in [2.24, 2.45) is 22.9 Å². The Morgan fingerprint density at radius 1 is 1.00 bits per heavy atom. The standard InChI is InChI=1S/C27H27N3O2/c31-21-5-3-4-17(11-21)16-28-30-26(32)25-12-23(22-6-1-2-7-24(22)29-25)27-13-18-8-19(14-27)10-20(9-18)15-27/h1-7,11-12,16,18-20,31H,8-10,13-15H2,(H,30,32)/b28-16+. The second-order valence-corrected chi connectivity index (χ2v) is 10.1. The number of benzene rings is 2. The number of hydrazone groups is 1. The van der Waals surface area contributed by atoms with Gasteiger partial charge in [-0.2, -0.15) is 5.10 Å². The maximum atomic E-state index is 13.0. The van der Waals surface area contributed by atoms with Crippen molar-refractivity contribution in [1.82, 2.24) is 10.4 Å². The number of pyridine rings is 1. The van der Waals surface area contributed by atoms with Crippen LogP contribution in [0.1, 0.15) is 60.1 Å². The molecule has 0 saturated heterocycles. The fraction of sp³-hybridized carbons (Fsp3) is 0.370. The molecule has 4 bridgehead atoms. The molecule has 4 aliphatic rings. The van der Waals surface area contributed by atoms with Crippen molar-refractivity contribution in [3.8, 4) is 5.75 Å². The molecule has 0 aliphatic heterocycles. The van der Waals surface area contributed by atoms with Gasteiger partial charge in [-0.15, -0.1) is 0 Å². The number of aromatic nitrogens is 1. The molecule has 1 amide bonds. The van der Waals surface area contributed by atoms with Crippen molar-refractivity contribution in [3.05, 3.63) is 71.4 Å². The van der Waals surface area contributed by atoms with E-state index in [0.717, 1.165) is 23.3 Å². The van der Waals surface area contributed by atoms with E-state index < -0.39 is 0 Å². The van der Waals surface area contributed by atoms with Crippen molar-refractivity contribution >= 4 is 23.0 Å². The van der Waals surface area contributed by atoms with E-state index in [1.807, 2.05) is 24.3 Å². The maximum Gasteiger partial charge on any atom is 0.289 e. The average molecular weight is 426 g/mol. The van der Waals surface area contributed by atoms with Crippen LogP contribution in [-0.4, -0.2) is 22.2 Å². The minimum atomic E-state index is -0.307. The molecule has 5 heteroatoms. The van der Waals surface area contributed by atoms with Crippen LogP contribution in [0, 0.1) is 17.8 Å². The molecule has 1 aromatic heterocycles. The lowest BCUT2D eigenvalue weighted by Crippen LogP contribution is -2.48. The summed E-state index contributed by atoms with van der Waals surface area (Å²) in [4.78, 5) is 17.7. The second-order valence-electron chi connectivity index (χ2n) is 10.1. The highest BCUT2D eigenvalue weighted by Crippen LogP contribution is 2.61. The summed E-state index contributed by atoms with van der Waals surface area (Å²) in [5, 5.41) is 14.9. The van der Waals surface area contributed by atoms with E-state index in [2.05, 4.69) is 27.6 Å². The highest BCUT2D eigenvalue weighted by Gasteiger charge is 2.52. The Morgan fingerprint density at radius 2 is 1.72 bits per heavy atom. The van der Waals surface area contributed by atoms with E-state index in [1.165, 1.54) is 55.7 Å². The van der Waals surface area contributed by atoms with Gasteiger partial charge in [-0.3, -0.25) is 4.79 Å². The molecule has 162 valence electrons. The Labute approximate surface area is 187 Å². The molecule has 32 heavy (non-hydrogen) atoms. The first-order chi connectivity index (χ1) is 15.6. The molecule has 0 atom stereocenters. The molecule has 4 fully saturated rings. The highest BCUT2D eigenvalue weighted by molar-refractivity contribution is 5.96. The van der Waals surface area contributed by atoms with Crippen LogP contribution in [0.4, 0.5) is 0 Å². The Morgan fingerprint density at radius 3 is 2.44 bits per heavy atom. The number of carbonyl (C=O) groups is 1. The number of carbonyl (C=O) groups excluding carboxylic acids is 1. The first-order valence-corrected chi connectivity index (χ1v) is 11.6. The Bertz CT molecular complexity index is 1200. The molecular formula is C27H27N3O2. The van der Waals surface area contributed by atoms with Crippen molar-refractivity contribution in [2.45, 2.75) is 43.9 Å². The van der Waals surface area contributed by atoms with Crippen molar-refractivity contribution in [1.29, 1.82) is 0 Å². The average Bonchev–Trinajstić information content (AvgIpc) is 2.77. The largest absolute Gasteiger partial charge is 0.508 e. The van der Waals surface area contributed by atoms with Crippen LogP contribution < -0.4 is 5.43 Å². The third-order valence-corrected chi connectivity index (χ3v) is 7.81. The van der Waals surface area contributed by atoms with E-state index in [1.54, 1.807) is 18.2 Å². The van der Waals surface area contributed by atoms with Crippen LogP contribution >= 0.6 is 0 Å². The summed E-state index contributed by atoms with van der Waals surface area (Å²) < 4.78 is 0. The van der Waals surface area contributed by atoms with Gasteiger partial charge in [0.1, 0.15) is 11.4 Å². The second kappa shape index (κ2) is 7.44. The predicted molar refractivity (Wildman–Crippen MR) is 125 cm³/mol. The zero-order chi connectivity index (χ0) is 21.7. The first-order valence-electron chi connectivity index (χ1n) is 11.6. The van der Waals surface area contributed by atoms with E-state index in [0.29, 0.717) is 11.3 Å². The summed E-state index contributed by atoms with van der Waals surface area (Å²) in [7, 11) is 0. The third-order valence-electron chi connectivity index (χ3n) is 7.81. The first kappa shape index (κ1) is 19.5. The summed E-state index contributed by atoms with van der Waals surface area (Å²) in [6.07, 6.45) is 9.41. The zero-order valence-electron chi connectivity index (χ0n) is 18.0. The van der Waals surface area contributed by atoms with Gasteiger partial charge in [-0.1, -0.05) is 30.3 Å². The molecule has 0 spiro atoms. The summed E-state index contributed by atoms with van der Waals surface area (Å²) >= 11 is 0. The van der Waals surface area contributed by atoms with Crippen LogP contribution in [-0.2, 0) is 5.41 Å². The van der Waals surface area contributed by atoms with Crippen LogP contribution in [0.25, 0.3) is 10.9 Å². The quantitative estimate of drug-likeness (QED) is 0.447. The van der Waals surface area contributed by atoms with Gasteiger partial charge in [0.25, 0.3) is 5.91 Å². The fourth-order valence-electron chi connectivity index (χ4n) is 7.00. The normalized spacial score (nSPS) is 28.4. The number of amides is 1. The molecule has 4 saturated carbocycles. The van der Waals surface area contributed by atoms with Gasteiger partial charge < -0.3 is 5.11 Å². The van der Waals surface area contributed by atoms with Crippen LogP contribution in [0.2, 0.25) is 0 Å². The number of phenolic OH excluding ortho intramolecular Hbond substituents is 1. The molecule has 4 aliphatic carbocycles. The van der Waals surface area contributed by atoms with Crippen LogP contribution in [0.3, 0.4) is 0 Å². The molecule has 0 unspecified atom stereocenters. The molecule has 3 aromatic rings. The number of para-hydroxylation sites is 1. The number of nitrogens with one attached hydrogen (secondary N) is 1. The topological polar surface area (TPSA) is 74.6 Å². The molecule has 1 heterocycles. The number of phenols is 1. The SMILES string of the molecule is O=C(N/N=C/c1cccc(O)c1)c1cc(C23CC4CC(CC(C4)C2)C3)c2ccccc2n1. The lowest BCUT2D eigenvalue weighted by atomic mass is 9.48. The number of rotatable bonds is 4. The van der Waals surface area contributed by atoms with Gasteiger partial charge in [0, 0.05) is 5.39 Å². The number of hydrogen-bond donors (Lipinski definition) is 2. The Kier molecular flexibility index (Phi) is 4.53. The zero-order valence-corrected chi connectivity index (χ0v) is 18.0. The monoisotopic (exact) mass is 425 g/mol. The molecule has 2 aromatic carbocycles. The predicted octanol–water partition coefficient (Wildman–Crippen LogP) is 5.17. The van der Waals surface area contributed by atoms with Gasteiger partial charge >= 0.3 is 0 Å². The van der Waals surface area contributed by atoms with Gasteiger partial charge in [-0.05, 0) is 97.1 Å². The van der Waals surface area contributed by atoms with Crippen molar-refractivity contribution < 1.29 is 9.90 Å². The highest BCUT2D eigenvalue weighted by atomic mass is 16.3. The van der Waals surface area contributed by atoms with Gasteiger partial charge in [0.05, 0.1) is 11.7 Å². The summed E-state index contributed by atoms with van der Waals surface area (Å²) in [6, 6.07) is 17.0. The van der Waals surface area contributed by atoms with Crippen LogP contribution in [0.15, 0.2) is 59.7 Å². The van der Waals surface area contributed by atoms with Gasteiger partial charge in [0.2, 0.25) is 0 Å². The van der Waals surface area contributed by atoms with Crippen molar-refractivity contribution in [2.75, 3.05) is 0 Å². The number of hydrogen-bond acceptors (Lipinski definition) is 4. The van der Waals surface area contributed by atoms with E-state index in [9.17, 15) is 9.90 Å². The number of aromatic hydroxyl groups is 1. The summed E-state index contributed by atoms with van der Waals surface area (Å²) in [5.74, 6) is 2.35. The van der Waals surface area contributed by atoms with E-state index in [4.69, 9.17) is 0 Å². The van der Waals surface area contributed by atoms with Gasteiger partial charge in [0.15, 0.2) is 0 Å². The minimum absolute atomic E-state index is 0.164. The number of fused-ring (bicyclic) bond motifs is 1. The Balaban J connectivity index is 1.34. The molecule has 2 N–H and O–H groups in total. The third kappa shape index (κ3) is 3.36. The minimum Gasteiger partial charge on any atom is -0.508 e. The molecule has 0 radical (unpaired) electrons. The molecule has 5 nitrogen and oxygen atoms in total. The van der Waals surface area contributed by atoms with Crippen LogP contribution in [0.5, 0.6) is 5.75 Å². The summed E-state index contributed by atoms with van der Waals surface area (Å²) in [6.45, 7) is 0. The van der Waals surface area contributed by atoms with E-state index in [-0.39, 0.29) is 17.1 Å². The smallest absolute Gasteiger partial charge is 0.289 e. The fourth-order valence-corrected chi connectivity index (χ4v) is 7.00. The summed E-state index contributed by atoms with van der Waals surface area (Å²) in [5.41, 5.74) is 6.12. The Hall–Kier alpha value is -3.21. The van der Waals surface area contributed by atoms with Gasteiger partial charge in [-0.25, -0.2) is 10.4 Å². The lowest BCUT2D eigenvalue weighted by Gasteiger charge is -2.57. The molecular weight excluding hydrogens is 398 g/mol. The van der Waals surface area contributed by atoms with Crippen molar-refractivity contribution in [3.63, 3.8) is 0 Å². The lowest BCUT2D eigenvalue weighted by molar-refractivity contribution is -0.00453. The van der Waals surface area contributed by atoms with E-state index >= 15 is 0 Å². The number of nitrogens with zero attached hydrogens (tertiary/aromatic N) is 2. The molecule has 7 rings (SSSR count).